The van der Waals surface area contributed by atoms with Gasteiger partial charge in [0.1, 0.15) is 5.75 Å². The Hall–Kier alpha value is -3.46. The van der Waals surface area contributed by atoms with E-state index >= 15 is 0 Å². The summed E-state index contributed by atoms with van der Waals surface area (Å²) in [6.07, 6.45) is 1.46. The Labute approximate surface area is 183 Å². The number of hydrogen-bond acceptors (Lipinski definition) is 7. The van der Waals surface area contributed by atoms with Gasteiger partial charge in [-0.15, -0.1) is 0 Å². The second-order valence-corrected chi connectivity index (χ2v) is 7.31. The number of carboxylic acid groups (broad SMARTS) is 1. The molecule has 1 aliphatic rings. The number of carboxylic acids is 1. The van der Waals surface area contributed by atoms with Gasteiger partial charge in [-0.3, -0.25) is 14.4 Å². The van der Waals surface area contributed by atoms with Gasteiger partial charge in [0.2, 0.25) is 0 Å². The smallest absolute Gasteiger partial charge is 0.306 e. The lowest BCUT2D eigenvalue weighted by Gasteiger charge is -2.16. The van der Waals surface area contributed by atoms with Gasteiger partial charge in [-0.2, -0.15) is 0 Å². The average Bonchev–Trinajstić information content (AvgIpc) is 3.02. The molecule has 0 unspecified atom stereocenters. The summed E-state index contributed by atoms with van der Waals surface area (Å²) in [5.74, 6) is -0.169. The Morgan fingerprint density at radius 2 is 1.87 bits per heavy atom. The third-order valence-corrected chi connectivity index (χ3v) is 5.13. The van der Waals surface area contributed by atoms with Crippen LogP contribution in [0.1, 0.15) is 18.9 Å². The maximum Gasteiger partial charge on any atom is 0.306 e. The highest BCUT2D eigenvalue weighted by Crippen LogP contribution is 2.40. The highest BCUT2D eigenvalue weighted by atomic mass is 32.2. The molecule has 0 aliphatic carbocycles. The maximum atomic E-state index is 13.0. The fraction of sp³-hybridized carbons (Fsp3) is 0.227. The van der Waals surface area contributed by atoms with Gasteiger partial charge in [-0.1, -0.05) is 18.2 Å². The number of carbonyl (C=O) groups is 3. The van der Waals surface area contributed by atoms with Crippen LogP contribution < -0.4 is 19.1 Å². The number of amides is 2. The molecule has 0 radical (unpaired) electrons. The third kappa shape index (κ3) is 5.18. The van der Waals surface area contributed by atoms with Crippen LogP contribution in [0.4, 0.5) is 10.5 Å². The van der Waals surface area contributed by atoms with E-state index in [9.17, 15) is 14.4 Å². The van der Waals surface area contributed by atoms with Gasteiger partial charge in [-0.05, 0) is 54.6 Å². The number of methoxy groups -OCH3 is 1. The van der Waals surface area contributed by atoms with E-state index in [0.29, 0.717) is 35.1 Å². The zero-order chi connectivity index (χ0) is 22.4. The topological polar surface area (TPSA) is 102 Å². The number of benzene rings is 2. The second kappa shape index (κ2) is 10.0. The van der Waals surface area contributed by atoms with Crippen LogP contribution in [0, 0.1) is 0 Å². The highest BCUT2D eigenvalue weighted by Gasteiger charge is 2.37. The summed E-state index contributed by atoms with van der Waals surface area (Å²) < 4.78 is 16.3. The lowest BCUT2D eigenvalue weighted by molar-refractivity contribution is -0.137. The van der Waals surface area contributed by atoms with Crippen molar-refractivity contribution >= 4 is 40.6 Å². The number of nitrogens with zero attached hydrogens (tertiary/aromatic N) is 1. The molecule has 1 saturated heterocycles. The standard InChI is InChI=1S/C22H21NO7S/c1-3-29-16-7-5-4-6-15(16)23-21(26)19(31-22(23)27)13-14-8-9-17(18(12-14)28-2)30-11-10-20(24)25/h4-9,12-13H,3,10-11H2,1-2H3,(H,24,25)/b19-13+. The minimum Gasteiger partial charge on any atom is -0.493 e. The normalized spacial score (nSPS) is 14.8. The van der Waals surface area contributed by atoms with Crippen LogP contribution >= 0.6 is 11.8 Å². The van der Waals surface area contributed by atoms with Crippen molar-refractivity contribution < 1.29 is 33.7 Å². The number of imide groups is 1. The number of carbonyl (C=O) groups excluding carboxylic acids is 2. The van der Waals surface area contributed by atoms with Crippen LogP contribution in [0.2, 0.25) is 0 Å². The van der Waals surface area contributed by atoms with Crippen LogP contribution in [0.15, 0.2) is 47.4 Å². The predicted octanol–water partition coefficient (Wildman–Crippen LogP) is 4.19. The van der Waals surface area contributed by atoms with Crippen molar-refractivity contribution in [1.82, 2.24) is 0 Å². The molecule has 31 heavy (non-hydrogen) atoms. The molecule has 0 saturated carbocycles. The van der Waals surface area contributed by atoms with E-state index < -0.39 is 17.1 Å². The quantitative estimate of drug-likeness (QED) is 0.576. The molecule has 2 aromatic rings. The number of rotatable bonds is 9. The Morgan fingerprint density at radius 3 is 2.58 bits per heavy atom. The zero-order valence-corrected chi connectivity index (χ0v) is 17.8. The largest absolute Gasteiger partial charge is 0.493 e. The lowest BCUT2D eigenvalue weighted by atomic mass is 10.1. The summed E-state index contributed by atoms with van der Waals surface area (Å²) in [5, 5.41) is 8.31. The predicted molar refractivity (Wildman–Crippen MR) is 117 cm³/mol. The Bertz CT molecular complexity index is 1030. The van der Waals surface area contributed by atoms with Crippen molar-refractivity contribution in [3.05, 3.63) is 52.9 Å². The molecule has 1 heterocycles. The van der Waals surface area contributed by atoms with Gasteiger partial charge in [0.15, 0.2) is 11.5 Å². The van der Waals surface area contributed by atoms with Crippen molar-refractivity contribution in [2.75, 3.05) is 25.2 Å². The van der Waals surface area contributed by atoms with E-state index in [1.165, 1.54) is 7.11 Å². The first-order chi connectivity index (χ1) is 14.9. The monoisotopic (exact) mass is 443 g/mol. The molecule has 1 aliphatic heterocycles. The summed E-state index contributed by atoms with van der Waals surface area (Å²) in [6.45, 7) is 2.24. The van der Waals surface area contributed by atoms with Crippen molar-refractivity contribution in [3.8, 4) is 17.2 Å². The van der Waals surface area contributed by atoms with Gasteiger partial charge >= 0.3 is 5.97 Å². The SMILES string of the molecule is CCOc1ccccc1N1C(=O)S/C(=C/c2ccc(OCCC(=O)O)c(OC)c2)C1=O. The van der Waals surface area contributed by atoms with Crippen LogP contribution in [0.5, 0.6) is 17.2 Å². The van der Waals surface area contributed by atoms with E-state index in [2.05, 4.69) is 0 Å². The summed E-state index contributed by atoms with van der Waals surface area (Å²) in [5.41, 5.74) is 1.03. The molecule has 3 rings (SSSR count). The summed E-state index contributed by atoms with van der Waals surface area (Å²) in [4.78, 5) is 37.5. The highest BCUT2D eigenvalue weighted by molar-refractivity contribution is 8.19. The zero-order valence-electron chi connectivity index (χ0n) is 17.0. The van der Waals surface area contributed by atoms with E-state index in [-0.39, 0.29) is 17.9 Å². The summed E-state index contributed by atoms with van der Waals surface area (Å²) >= 11 is 0.839. The van der Waals surface area contributed by atoms with E-state index in [0.717, 1.165) is 16.7 Å². The molecule has 1 fully saturated rings. The first kappa shape index (κ1) is 22.2. The van der Waals surface area contributed by atoms with E-state index in [1.54, 1.807) is 48.5 Å². The lowest BCUT2D eigenvalue weighted by Crippen LogP contribution is -2.28. The average molecular weight is 443 g/mol. The van der Waals surface area contributed by atoms with Gasteiger partial charge < -0.3 is 19.3 Å². The summed E-state index contributed by atoms with van der Waals surface area (Å²) in [6, 6.07) is 11.9. The van der Waals surface area contributed by atoms with E-state index in [1.807, 2.05) is 6.92 Å². The van der Waals surface area contributed by atoms with Gasteiger partial charge in [-0.25, -0.2) is 4.90 Å². The number of aliphatic carboxylic acids is 1. The first-order valence-corrected chi connectivity index (χ1v) is 10.3. The molecular weight excluding hydrogens is 422 g/mol. The third-order valence-electron chi connectivity index (χ3n) is 4.26. The molecule has 0 bridgehead atoms. The molecule has 8 nitrogen and oxygen atoms in total. The molecule has 162 valence electrons. The second-order valence-electron chi connectivity index (χ2n) is 6.32. The molecule has 0 aromatic heterocycles. The summed E-state index contributed by atoms with van der Waals surface area (Å²) in [7, 11) is 1.46. The van der Waals surface area contributed by atoms with Gasteiger partial charge in [0.05, 0.1) is 37.3 Å². The number of anilines is 1. The minimum atomic E-state index is -0.961. The Balaban J connectivity index is 1.84. The minimum absolute atomic E-state index is 0.00314. The van der Waals surface area contributed by atoms with E-state index in [4.69, 9.17) is 19.3 Å². The van der Waals surface area contributed by atoms with Crippen LogP contribution in [0.3, 0.4) is 0 Å². The number of hydrogen-bond donors (Lipinski definition) is 1. The van der Waals surface area contributed by atoms with Gasteiger partial charge in [0, 0.05) is 0 Å². The maximum absolute atomic E-state index is 13.0. The molecule has 2 amide bonds. The fourth-order valence-corrected chi connectivity index (χ4v) is 3.72. The van der Waals surface area contributed by atoms with Crippen LogP contribution in [-0.4, -0.2) is 42.5 Å². The van der Waals surface area contributed by atoms with Crippen LogP contribution in [-0.2, 0) is 9.59 Å². The fourth-order valence-electron chi connectivity index (χ4n) is 2.89. The molecule has 0 atom stereocenters. The Morgan fingerprint density at radius 1 is 1.10 bits per heavy atom. The first-order valence-electron chi connectivity index (χ1n) is 9.47. The van der Waals surface area contributed by atoms with Crippen molar-refractivity contribution in [1.29, 1.82) is 0 Å². The molecular formula is C22H21NO7S. The Kier molecular flexibility index (Phi) is 7.19. The number of para-hydroxylation sites is 2. The van der Waals surface area contributed by atoms with Crippen molar-refractivity contribution in [2.24, 2.45) is 0 Å². The van der Waals surface area contributed by atoms with Crippen LogP contribution in [0.25, 0.3) is 6.08 Å². The van der Waals surface area contributed by atoms with Crippen molar-refractivity contribution in [2.45, 2.75) is 13.3 Å². The van der Waals surface area contributed by atoms with Crippen molar-refractivity contribution in [3.63, 3.8) is 0 Å². The number of thioether (sulfide) groups is 1. The molecule has 0 spiro atoms. The molecule has 1 N–H and O–H groups in total. The van der Waals surface area contributed by atoms with Gasteiger partial charge in [0.25, 0.3) is 11.1 Å². The molecule has 9 heteroatoms. The molecule has 2 aromatic carbocycles. The number of ether oxygens (including phenoxy) is 3.